The average Bonchev–Trinajstić information content (AvgIpc) is 2.77. The third kappa shape index (κ3) is 2.22. The number of aromatic amines is 1. The Kier molecular flexibility index (Phi) is 3.83. The van der Waals surface area contributed by atoms with Crippen LogP contribution in [0, 0.1) is 0 Å². The van der Waals surface area contributed by atoms with Crippen molar-refractivity contribution in [1.29, 1.82) is 0 Å². The number of esters is 1. The summed E-state index contributed by atoms with van der Waals surface area (Å²) in [6.07, 6.45) is 0.677. The first-order valence-corrected chi connectivity index (χ1v) is 6.14. The Hall–Kier alpha value is -1.52. The first kappa shape index (κ1) is 13.9. The van der Waals surface area contributed by atoms with Gasteiger partial charge in [0.1, 0.15) is 6.04 Å². The van der Waals surface area contributed by atoms with Crippen LogP contribution in [0.4, 0.5) is 0 Å². The monoisotopic (exact) mass is 280 g/mol. The van der Waals surface area contributed by atoms with E-state index in [0.29, 0.717) is 6.42 Å². The lowest BCUT2D eigenvalue weighted by Gasteiger charge is -2.27. The maximum atomic E-state index is 11.7. The van der Waals surface area contributed by atoms with Gasteiger partial charge in [0.2, 0.25) is 0 Å². The molecule has 2 heterocycles. The molecule has 0 saturated carbocycles. The minimum atomic E-state index is -0.253. The summed E-state index contributed by atoms with van der Waals surface area (Å²) in [6, 6.07) is 8.07. The van der Waals surface area contributed by atoms with Gasteiger partial charge in [-0.15, -0.1) is 12.4 Å². The molecule has 2 aromatic rings. The zero-order chi connectivity index (χ0) is 12.7. The van der Waals surface area contributed by atoms with Gasteiger partial charge in [0.25, 0.3) is 0 Å². The van der Waals surface area contributed by atoms with E-state index in [9.17, 15) is 4.79 Å². The molecule has 0 radical (unpaired) electrons. The number of carbonyl (C=O) groups excluding carboxylic acids is 1. The molecule has 0 bridgehead atoms. The maximum absolute atomic E-state index is 11.7. The fraction of sp³-hybridized carbons (Fsp3) is 0.357. The molecule has 2 unspecified atom stereocenters. The van der Waals surface area contributed by atoms with Crippen LogP contribution in [0.1, 0.15) is 24.2 Å². The first-order chi connectivity index (χ1) is 8.70. The molecule has 1 aliphatic heterocycles. The van der Waals surface area contributed by atoms with Crippen LogP contribution in [0.5, 0.6) is 0 Å². The van der Waals surface area contributed by atoms with Crippen LogP contribution in [0.3, 0.4) is 0 Å². The number of rotatable bonds is 1. The van der Waals surface area contributed by atoms with E-state index < -0.39 is 0 Å². The van der Waals surface area contributed by atoms with Crippen LogP contribution in [-0.2, 0) is 16.0 Å². The molecule has 1 aromatic carbocycles. The highest BCUT2D eigenvalue weighted by molar-refractivity contribution is 5.87. The lowest BCUT2D eigenvalue weighted by atomic mass is 9.95. The van der Waals surface area contributed by atoms with E-state index >= 15 is 0 Å². The van der Waals surface area contributed by atoms with Gasteiger partial charge in [0.05, 0.1) is 7.11 Å². The number of hydrogen-bond donors (Lipinski definition) is 2. The molecule has 3 rings (SSSR count). The van der Waals surface area contributed by atoms with Crippen molar-refractivity contribution in [3.8, 4) is 0 Å². The van der Waals surface area contributed by atoms with Crippen molar-refractivity contribution in [2.75, 3.05) is 7.11 Å². The minimum absolute atomic E-state index is 0. The van der Waals surface area contributed by atoms with Crippen LogP contribution in [-0.4, -0.2) is 24.1 Å². The number of nitrogens with one attached hydrogen (secondary N) is 2. The maximum Gasteiger partial charge on any atom is 0.323 e. The molecule has 2 atom stereocenters. The second-order valence-electron chi connectivity index (χ2n) is 4.73. The van der Waals surface area contributed by atoms with Gasteiger partial charge in [0, 0.05) is 29.1 Å². The second kappa shape index (κ2) is 5.23. The van der Waals surface area contributed by atoms with Crippen molar-refractivity contribution in [3.05, 3.63) is 35.5 Å². The molecule has 0 amide bonds. The normalized spacial score (nSPS) is 21.6. The predicted octanol–water partition coefficient (Wildman–Crippen LogP) is 2.34. The van der Waals surface area contributed by atoms with E-state index in [1.54, 1.807) is 0 Å². The van der Waals surface area contributed by atoms with Gasteiger partial charge in [0.15, 0.2) is 0 Å². The molecule has 4 nitrogen and oxygen atoms in total. The summed E-state index contributed by atoms with van der Waals surface area (Å²) >= 11 is 0. The van der Waals surface area contributed by atoms with Crippen molar-refractivity contribution in [1.82, 2.24) is 10.3 Å². The number of benzene rings is 1. The summed E-state index contributed by atoms with van der Waals surface area (Å²) in [5.74, 6) is -0.196. The van der Waals surface area contributed by atoms with E-state index in [-0.39, 0.29) is 30.5 Å². The number of halogens is 1. The van der Waals surface area contributed by atoms with Gasteiger partial charge in [-0.3, -0.25) is 10.1 Å². The summed E-state index contributed by atoms with van der Waals surface area (Å²) in [6.45, 7) is 2.06. The fourth-order valence-electron chi connectivity index (χ4n) is 2.75. The number of hydrogen-bond acceptors (Lipinski definition) is 3. The van der Waals surface area contributed by atoms with Crippen LogP contribution in [0.15, 0.2) is 24.3 Å². The summed E-state index contributed by atoms with van der Waals surface area (Å²) in [5, 5.41) is 4.48. The molecule has 2 N–H and O–H groups in total. The predicted molar refractivity (Wildman–Crippen MR) is 76.6 cm³/mol. The molecule has 0 saturated heterocycles. The fourth-order valence-corrected chi connectivity index (χ4v) is 2.75. The summed E-state index contributed by atoms with van der Waals surface area (Å²) in [5.41, 5.74) is 3.53. The molecule has 0 fully saturated rings. The summed E-state index contributed by atoms with van der Waals surface area (Å²) in [4.78, 5) is 15.1. The Morgan fingerprint density at radius 1 is 1.37 bits per heavy atom. The molecule has 19 heavy (non-hydrogen) atoms. The lowest BCUT2D eigenvalue weighted by molar-refractivity contribution is -0.143. The topological polar surface area (TPSA) is 54.1 Å². The third-order valence-corrected chi connectivity index (χ3v) is 3.62. The Morgan fingerprint density at radius 3 is 2.84 bits per heavy atom. The molecule has 5 heteroatoms. The van der Waals surface area contributed by atoms with Crippen molar-refractivity contribution in [2.24, 2.45) is 0 Å². The lowest BCUT2D eigenvalue weighted by Crippen LogP contribution is -2.44. The van der Waals surface area contributed by atoms with Crippen LogP contribution in [0.2, 0.25) is 0 Å². The molecule has 1 aromatic heterocycles. The van der Waals surface area contributed by atoms with Crippen LogP contribution >= 0.6 is 12.4 Å². The van der Waals surface area contributed by atoms with Crippen LogP contribution in [0.25, 0.3) is 10.9 Å². The van der Waals surface area contributed by atoms with Gasteiger partial charge in [-0.2, -0.15) is 0 Å². The van der Waals surface area contributed by atoms with Crippen molar-refractivity contribution >= 4 is 29.3 Å². The van der Waals surface area contributed by atoms with Gasteiger partial charge in [-0.1, -0.05) is 18.2 Å². The zero-order valence-corrected chi connectivity index (χ0v) is 11.7. The van der Waals surface area contributed by atoms with Crippen molar-refractivity contribution in [2.45, 2.75) is 25.4 Å². The van der Waals surface area contributed by atoms with Crippen LogP contribution < -0.4 is 5.32 Å². The zero-order valence-electron chi connectivity index (χ0n) is 10.9. The Bertz CT molecular complexity index is 609. The van der Waals surface area contributed by atoms with Crippen molar-refractivity contribution in [3.63, 3.8) is 0 Å². The second-order valence-corrected chi connectivity index (χ2v) is 4.73. The van der Waals surface area contributed by atoms with E-state index in [1.165, 1.54) is 23.8 Å². The van der Waals surface area contributed by atoms with E-state index in [4.69, 9.17) is 4.74 Å². The Balaban J connectivity index is 0.00000133. The number of methoxy groups -OCH3 is 1. The average molecular weight is 281 g/mol. The molecular formula is C14H17ClN2O2. The highest BCUT2D eigenvalue weighted by Gasteiger charge is 2.31. The number of fused-ring (bicyclic) bond motifs is 3. The standard InChI is InChI=1S/C14H16N2O2.ClH/c1-8-13-10(7-12(15-8)14(17)18-2)9-5-3-4-6-11(9)16-13;/h3-6,8,12,15-16H,7H2,1-2H3;1H. The minimum Gasteiger partial charge on any atom is -0.468 e. The number of carbonyl (C=O) groups is 1. The Labute approximate surface area is 117 Å². The largest absolute Gasteiger partial charge is 0.468 e. The van der Waals surface area contributed by atoms with Gasteiger partial charge in [-0.25, -0.2) is 0 Å². The molecule has 0 aliphatic carbocycles. The summed E-state index contributed by atoms with van der Waals surface area (Å²) in [7, 11) is 1.43. The van der Waals surface area contributed by atoms with E-state index in [2.05, 4.69) is 29.4 Å². The van der Waals surface area contributed by atoms with Gasteiger partial charge >= 0.3 is 5.97 Å². The third-order valence-electron chi connectivity index (χ3n) is 3.62. The molecule has 0 spiro atoms. The summed E-state index contributed by atoms with van der Waals surface area (Å²) < 4.78 is 4.83. The highest BCUT2D eigenvalue weighted by Crippen LogP contribution is 2.31. The smallest absolute Gasteiger partial charge is 0.323 e. The molecule has 102 valence electrons. The first-order valence-electron chi connectivity index (χ1n) is 6.14. The number of ether oxygens (including phenoxy) is 1. The molecule has 1 aliphatic rings. The van der Waals surface area contributed by atoms with Crippen molar-refractivity contribution < 1.29 is 9.53 Å². The van der Waals surface area contributed by atoms with E-state index in [1.807, 2.05) is 12.1 Å². The van der Waals surface area contributed by atoms with E-state index in [0.717, 1.165) is 5.52 Å². The number of para-hydroxylation sites is 1. The molecular weight excluding hydrogens is 264 g/mol. The van der Waals surface area contributed by atoms with Gasteiger partial charge in [-0.05, 0) is 18.6 Å². The number of aromatic nitrogens is 1. The van der Waals surface area contributed by atoms with Gasteiger partial charge < -0.3 is 9.72 Å². The quantitative estimate of drug-likeness (QED) is 0.789. The SMILES string of the molecule is COC(=O)C1Cc2c([nH]c3ccccc23)C(C)N1.Cl. The number of H-pyrrole nitrogens is 1. The highest BCUT2D eigenvalue weighted by atomic mass is 35.5. The Morgan fingerprint density at radius 2 is 2.11 bits per heavy atom.